The first-order chi connectivity index (χ1) is 20.1. The number of aromatic nitrogens is 2. The maximum absolute atomic E-state index is 14.1. The van der Waals surface area contributed by atoms with Crippen molar-refractivity contribution in [2.24, 2.45) is 0 Å². The predicted octanol–water partition coefficient (Wildman–Crippen LogP) is 7.47. The van der Waals surface area contributed by atoms with Crippen molar-refractivity contribution in [3.8, 4) is 34.0 Å². The topological polar surface area (TPSA) is 112 Å². The van der Waals surface area contributed by atoms with E-state index in [0.717, 1.165) is 6.07 Å². The molecule has 4 aromatic rings. The van der Waals surface area contributed by atoms with Crippen molar-refractivity contribution in [3.05, 3.63) is 87.5 Å². The molecule has 4 rings (SSSR count). The van der Waals surface area contributed by atoms with Crippen molar-refractivity contribution < 1.29 is 32.1 Å². The van der Waals surface area contributed by atoms with Gasteiger partial charge in [-0.1, -0.05) is 47.6 Å². The van der Waals surface area contributed by atoms with Crippen molar-refractivity contribution in [2.45, 2.75) is 52.4 Å². The van der Waals surface area contributed by atoms with Crippen molar-refractivity contribution in [3.63, 3.8) is 0 Å². The van der Waals surface area contributed by atoms with Crippen LogP contribution in [-0.4, -0.2) is 45.1 Å². The van der Waals surface area contributed by atoms with E-state index in [4.69, 9.17) is 9.26 Å². The lowest BCUT2D eigenvalue weighted by molar-refractivity contribution is -0.385. The quantitative estimate of drug-likeness (QED) is 0.111. The molecule has 9 nitrogen and oxygen atoms in total. The van der Waals surface area contributed by atoms with Gasteiger partial charge in [0.05, 0.1) is 16.9 Å². The molecule has 1 heterocycles. The molecule has 43 heavy (non-hydrogen) atoms. The first-order valence-electron chi connectivity index (χ1n) is 13.4. The highest BCUT2D eigenvalue weighted by Gasteiger charge is 2.35. The van der Waals surface area contributed by atoms with Crippen LogP contribution >= 0.6 is 0 Å². The van der Waals surface area contributed by atoms with Crippen molar-refractivity contribution in [2.75, 3.05) is 13.6 Å². The molecular weight excluding hydrogens is 565 g/mol. The second-order valence-corrected chi connectivity index (χ2v) is 11.2. The van der Waals surface area contributed by atoms with E-state index < -0.39 is 22.3 Å². The number of carbonyl (C=O) groups is 1. The molecule has 0 aliphatic carbocycles. The molecule has 0 bridgehead atoms. The summed E-state index contributed by atoms with van der Waals surface area (Å²) in [5.74, 6) is -0.547. The van der Waals surface area contributed by atoms with E-state index in [1.54, 1.807) is 76.0 Å². The number of ether oxygens (including phenoxy) is 1. The number of esters is 1. The maximum atomic E-state index is 14.1. The summed E-state index contributed by atoms with van der Waals surface area (Å²) < 4.78 is 52.8. The highest BCUT2D eigenvalue weighted by atomic mass is 19.4. The third-order valence-electron chi connectivity index (χ3n) is 6.53. The third kappa shape index (κ3) is 7.83. The van der Waals surface area contributed by atoms with Crippen LogP contribution in [0.5, 0.6) is 0 Å². The van der Waals surface area contributed by atoms with Crippen LogP contribution < -0.4 is 0 Å². The average Bonchev–Trinajstić information content (AvgIpc) is 3.41. The highest BCUT2D eigenvalue weighted by Crippen LogP contribution is 2.40. The molecule has 0 atom stereocenters. The molecule has 1 aromatic heterocycles. The molecule has 0 N–H and O–H groups in total. The summed E-state index contributed by atoms with van der Waals surface area (Å²) in [4.78, 5) is 29.4. The lowest BCUT2D eigenvalue weighted by Gasteiger charge is -2.21. The van der Waals surface area contributed by atoms with E-state index in [9.17, 15) is 28.1 Å². The molecule has 0 fully saturated rings. The SMILES string of the molecule is Cc1ccccc1-c1ccc(-c2nc(-c3ccc(CN(C)CCC(=O)OC(C)(C)C)c([N+](=O)[O-])c3)no2)cc1C(F)(F)F. The van der Waals surface area contributed by atoms with Crippen LogP contribution in [0.4, 0.5) is 18.9 Å². The Hall–Kier alpha value is -4.58. The summed E-state index contributed by atoms with van der Waals surface area (Å²) in [6, 6.07) is 15.0. The fourth-order valence-electron chi connectivity index (χ4n) is 4.53. The number of alkyl halides is 3. The fraction of sp³-hybridized carbons (Fsp3) is 0.323. The van der Waals surface area contributed by atoms with E-state index in [2.05, 4.69) is 10.1 Å². The number of nitrogens with zero attached hydrogens (tertiary/aromatic N) is 4. The lowest BCUT2D eigenvalue weighted by Crippen LogP contribution is -2.27. The van der Waals surface area contributed by atoms with Crippen LogP contribution in [0.15, 0.2) is 65.2 Å². The van der Waals surface area contributed by atoms with Gasteiger partial charge in [-0.2, -0.15) is 18.2 Å². The Labute approximate surface area is 246 Å². The summed E-state index contributed by atoms with van der Waals surface area (Å²) in [7, 11) is 1.73. The van der Waals surface area contributed by atoms with Crippen LogP contribution in [0.1, 0.15) is 43.9 Å². The Morgan fingerprint density at radius 2 is 1.72 bits per heavy atom. The van der Waals surface area contributed by atoms with Gasteiger partial charge in [-0.15, -0.1) is 0 Å². The Balaban J connectivity index is 1.57. The second-order valence-electron chi connectivity index (χ2n) is 11.2. The zero-order chi connectivity index (χ0) is 31.5. The van der Waals surface area contributed by atoms with Crippen LogP contribution in [0.3, 0.4) is 0 Å². The molecule has 0 spiro atoms. The van der Waals surface area contributed by atoms with Crippen molar-refractivity contribution in [1.82, 2.24) is 15.0 Å². The largest absolute Gasteiger partial charge is 0.460 e. The highest BCUT2D eigenvalue weighted by molar-refractivity contribution is 5.75. The molecule has 3 aromatic carbocycles. The molecule has 0 radical (unpaired) electrons. The zero-order valence-corrected chi connectivity index (χ0v) is 24.4. The summed E-state index contributed by atoms with van der Waals surface area (Å²) in [5.41, 5.74) is 0.225. The number of halogens is 3. The number of nitro benzene ring substituents is 1. The van der Waals surface area contributed by atoms with Crippen LogP contribution in [0.25, 0.3) is 34.0 Å². The maximum Gasteiger partial charge on any atom is 0.417 e. The number of benzene rings is 3. The molecule has 226 valence electrons. The normalized spacial score (nSPS) is 12.0. The van der Waals surface area contributed by atoms with Gasteiger partial charge < -0.3 is 14.2 Å². The van der Waals surface area contributed by atoms with Gasteiger partial charge in [-0.25, -0.2) is 0 Å². The molecule has 0 unspecified atom stereocenters. The van der Waals surface area contributed by atoms with E-state index in [-0.39, 0.29) is 53.0 Å². The monoisotopic (exact) mass is 596 g/mol. The summed E-state index contributed by atoms with van der Waals surface area (Å²) in [6.07, 6.45) is -4.53. The summed E-state index contributed by atoms with van der Waals surface area (Å²) in [6.45, 7) is 7.56. The van der Waals surface area contributed by atoms with E-state index >= 15 is 0 Å². The second kappa shape index (κ2) is 12.3. The van der Waals surface area contributed by atoms with Crippen LogP contribution in [-0.2, 0) is 22.3 Å². The number of carbonyl (C=O) groups excluding carboxylic acids is 1. The number of hydrogen-bond donors (Lipinski definition) is 0. The van der Waals surface area contributed by atoms with Gasteiger partial charge >= 0.3 is 12.1 Å². The van der Waals surface area contributed by atoms with Gasteiger partial charge in [0, 0.05) is 35.8 Å². The minimum atomic E-state index is -4.65. The molecule has 0 amide bonds. The molecule has 0 aliphatic rings. The number of nitro groups is 1. The Bertz CT molecular complexity index is 1640. The van der Waals surface area contributed by atoms with E-state index in [1.807, 2.05) is 0 Å². The van der Waals surface area contributed by atoms with Crippen LogP contribution in [0.2, 0.25) is 0 Å². The first kappa shape index (κ1) is 31.4. The third-order valence-corrected chi connectivity index (χ3v) is 6.53. The number of rotatable bonds is 9. The minimum absolute atomic E-state index is 0.0144. The summed E-state index contributed by atoms with van der Waals surface area (Å²) in [5, 5.41) is 15.7. The van der Waals surface area contributed by atoms with Gasteiger partial charge in [0.15, 0.2) is 0 Å². The molecule has 0 saturated carbocycles. The average molecular weight is 597 g/mol. The molecular formula is C31H31F3N4O5. The molecule has 0 aliphatic heterocycles. The summed E-state index contributed by atoms with van der Waals surface area (Å²) >= 11 is 0. The Kier molecular flexibility index (Phi) is 9.00. The molecule has 12 heteroatoms. The molecule has 0 saturated heterocycles. The van der Waals surface area contributed by atoms with Gasteiger partial charge in [0.1, 0.15) is 5.60 Å². The predicted molar refractivity (Wildman–Crippen MR) is 154 cm³/mol. The lowest BCUT2D eigenvalue weighted by atomic mass is 9.94. The van der Waals surface area contributed by atoms with E-state index in [1.165, 1.54) is 18.2 Å². The number of aryl methyl sites for hydroxylation is 1. The Morgan fingerprint density at radius 1 is 1.02 bits per heavy atom. The minimum Gasteiger partial charge on any atom is -0.460 e. The first-order valence-corrected chi connectivity index (χ1v) is 13.4. The van der Waals surface area contributed by atoms with E-state index in [0.29, 0.717) is 23.2 Å². The van der Waals surface area contributed by atoms with Gasteiger partial charge in [-0.3, -0.25) is 14.9 Å². The zero-order valence-electron chi connectivity index (χ0n) is 24.4. The fourth-order valence-corrected chi connectivity index (χ4v) is 4.53. The smallest absolute Gasteiger partial charge is 0.417 e. The van der Waals surface area contributed by atoms with Gasteiger partial charge in [0.25, 0.3) is 11.6 Å². The van der Waals surface area contributed by atoms with Crippen LogP contribution in [0, 0.1) is 17.0 Å². The van der Waals surface area contributed by atoms with Gasteiger partial charge in [-0.05, 0) is 63.6 Å². The van der Waals surface area contributed by atoms with Crippen molar-refractivity contribution >= 4 is 11.7 Å². The van der Waals surface area contributed by atoms with Gasteiger partial charge in [0.2, 0.25) is 5.82 Å². The van der Waals surface area contributed by atoms with Crippen molar-refractivity contribution in [1.29, 1.82) is 0 Å². The standard InChI is InChI=1S/C31H31F3N4O5/c1-19-8-6-7-9-23(19)24-13-12-21(16-25(24)31(32,33)34)29-35-28(36-43-29)20-10-11-22(26(17-20)38(40)41)18-37(5)15-14-27(39)42-30(2,3)4/h6-13,16-17H,14-15,18H2,1-5H3. The number of hydrogen-bond acceptors (Lipinski definition) is 8. The Morgan fingerprint density at radius 3 is 2.37 bits per heavy atom.